The van der Waals surface area contributed by atoms with E-state index in [1.807, 2.05) is 0 Å². The first-order valence-corrected chi connectivity index (χ1v) is 7.82. The molecule has 0 atom stereocenters. The van der Waals surface area contributed by atoms with Crippen LogP contribution in [0.15, 0.2) is 45.3 Å². The molecule has 0 unspecified atom stereocenters. The van der Waals surface area contributed by atoms with Crippen LogP contribution in [0, 0.1) is 20.2 Å². The number of nitro groups is 2. The second-order valence-electron chi connectivity index (χ2n) is 4.57. The van der Waals surface area contributed by atoms with Crippen molar-refractivity contribution >= 4 is 43.2 Å². The van der Waals surface area contributed by atoms with Gasteiger partial charge in [-0.15, -0.1) is 0 Å². The standard InChI is InChI=1S/C14H10Br2N2O4/c15-13-7-11(17(19)20)5-3-9(13)1-2-10-4-6-12(18(21)22)8-14(10)16/h3-8H,1-2H2. The Morgan fingerprint density at radius 3 is 1.41 bits per heavy atom. The van der Waals surface area contributed by atoms with E-state index in [0.717, 1.165) is 11.1 Å². The number of hydrogen-bond donors (Lipinski definition) is 0. The molecule has 0 aliphatic heterocycles. The lowest BCUT2D eigenvalue weighted by atomic mass is 10.0. The Morgan fingerprint density at radius 2 is 1.14 bits per heavy atom. The van der Waals surface area contributed by atoms with Crippen molar-refractivity contribution in [2.75, 3.05) is 0 Å². The lowest BCUT2D eigenvalue weighted by Gasteiger charge is -2.07. The van der Waals surface area contributed by atoms with E-state index in [0.29, 0.717) is 21.8 Å². The Kier molecular flexibility index (Phi) is 5.25. The average molecular weight is 430 g/mol. The molecule has 0 radical (unpaired) electrons. The number of hydrogen-bond acceptors (Lipinski definition) is 4. The predicted octanol–water partition coefficient (Wildman–Crippen LogP) is 4.81. The van der Waals surface area contributed by atoms with E-state index in [9.17, 15) is 20.2 Å². The predicted molar refractivity (Wildman–Crippen MR) is 89.0 cm³/mol. The van der Waals surface area contributed by atoms with Gasteiger partial charge in [-0.3, -0.25) is 20.2 Å². The molecule has 2 rings (SSSR count). The van der Waals surface area contributed by atoms with Gasteiger partial charge in [-0.2, -0.15) is 0 Å². The number of halogens is 2. The Morgan fingerprint density at radius 1 is 0.773 bits per heavy atom. The zero-order valence-electron chi connectivity index (χ0n) is 11.2. The smallest absolute Gasteiger partial charge is 0.258 e. The van der Waals surface area contributed by atoms with Crippen molar-refractivity contribution < 1.29 is 9.85 Å². The summed E-state index contributed by atoms with van der Waals surface area (Å²) in [5, 5.41) is 21.4. The van der Waals surface area contributed by atoms with Gasteiger partial charge in [-0.25, -0.2) is 0 Å². The van der Waals surface area contributed by atoms with E-state index in [2.05, 4.69) is 31.9 Å². The molecule has 0 spiro atoms. The van der Waals surface area contributed by atoms with E-state index < -0.39 is 9.85 Å². The van der Waals surface area contributed by atoms with Crippen LogP contribution in [0.2, 0.25) is 0 Å². The van der Waals surface area contributed by atoms with E-state index in [1.165, 1.54) is 24.3 Å². The monoisotopic (exact) mass is 428 g/mol. The van der Waals surface area contributed by atoms with Crippen LogP contribution < -0.4 is 0 Å². The van der Waals surface area contributed by atoms with Gasteiger partial charge < -0.3 is 0 Å². The third-order valence-corrected chi connectivity index (χ3v) is 4.64. The van der Waals surface area contributed by atoms with Crippen molar-refractivity contribution in [2.45, 2.75) is 12.8 Å². The van der Waals surface area contributed by atoms with Gasteiger partial charge in [0, 0.05) is 33.2 Å². The van der Waals surface area contributed by atoms with Crippen LogP contribution in [-0.2, 0) is 12.8 Å². The van der Waals surface area contributed by atoms with Crippen LogP contribution in [0.25, 0.3) is 0 Å². The summed E-state index contributed by atoms with van der Waals surface area (Å²) >= 11 is 6.67. The summed E-state index contributed by atoms with van der Waals surface area (Å²) in [6.45, 7) is 0. The number of nitro benzene ring substituents is 2. The molecule has 0 saturated heterocycles. The molecule has 0 heterocycles. The molecule has 0 fully saturated rings. The van der Waals surface area contributed by atoms with Crippen molar-refractivity contribution in [3.05, 3.63) is 76.7 Å². The van der Waals surface area contributed by atoms with Gasteiger partial charge in [0.15, 0.2) is 0 Å². The molecule has 6 nitrogen and oxygen atoms in total. The first-order chi connectivity index (χ1) is 10.4. The highest BCUT2D eigenvalue weighted by atomic mass is 79.9. The lowest BCUT2D eigenvalue weighted by molar-refractivity contribution is -0.385. The topological polar surface area (TPSA) is 86.3 Å². The van der Waals surface area contributed by atoms with Gasteiger partial charge >= 0.3 is 0 Å². The van der Waals surface area contributed by atoms with Gasteiger partial charge in [-0.1, -0.05) is 44.0 Å². The fraction of sp³-hybridized carbons (Fsp3) is 0.143. The third-order valence-electron chi connectivity index (χ3n) is 3.16. The summed E-state index contributed by atoms with van der Waals surface area (Å²) in [4.78, 5) is 20.5. The average Bonchev–Trinajstić information content (AvgIpc) is 2.46. The lowest BCUT2D eigenvalue weighted by Crippen LogP contribution is -1.96. The third kappa shape index (κ3) is 3.89. The fourth-order valence-corrected chi connectivity index (χ4v) is 3.10. The molecule has 8 heteroatoms. The molecule has 0 amide bonds. The molecule has 114 valence electrons. The summed E-state index contributed by atoms with van der Waals surface area (Å²) in [5.41, 5.74) is 1.95. The molecule has 0 aromatic heterocycles. The number of non-ortho nitro benzene ring substituents is 2. The highest BCUT2D eigenvalue weighted by Gasteiger charge is 2.12. The minimum atomic E-state index is -0.443. The fourth-order valence-electron chi connectivity index (χ4n) is 1.97. The van der Waals surface area contributed by atoms with Crippen LogP contribution in [0.5, 0.6) is 0 Å². The summed E-state index contributed by atoms with van der Waals surface area (Å²) in [6.07, 6.45) is 1.32. The van der Waals surface area contributed by atoms with Crippen LogP contribution >= 0.6 is 31.9 Å². The Hall–Kier alpha value is -1.80. The van der Waals surface area contributed by atoms with Crippen LogP contribution in [-0.4, -0.2) is 9.85 Å². The normalized spacial score (nSPS) is 10.5. The SMILES string of the molecule is O=[N+]([O-])c1ccc(CCc2ccc([N+](=O)[O-])cc2Br)c(Br)c1. The van der Waals surface area contributed by atoms with Gasteiger partial charge in [-0.05, 0) is 24.0 Å². The summed E-state index contributed by atoms with van der Waals surface area (Å²) in [6, 6.07) is 9.29. The van der Waals surface area contributed by atoms with Crippen LogP contribution in [0.4, 0.5) is 11.4 Å². The highest BCUT2D eigenvalue weighted by molar-refractivity contribution is 9.10. The number of rotatable bonds is 5. The van der Waals surface area contributed by atoms with Gasteiger partial charge in [0.25, 0.3) is 11.4 Å². The van der Waals surface area contributed by atoms with Gasteiger partial charge in [0.05, 0.1) is 9.85 Å². The second-order valence-corrected chi connectivity index (χ2v) is 6.27. The van der Waals surface area contributed by atoms with E-state index in [4.69, 9.17) is 0 Å². The minimum absolute atomic E-state index is 0.0344. The first kappa shape index (κ1) is 16.6. The molecule has 0 saturated carbocycles. The maximum atomic E-state index is 10.7. The Labute approximate surface area is 142 Å². The second kappa shape index (κ2) is 6.97. The van der Waals surface area contributed by atoms with Gasteiger partial charge in [0.2, 0.25) is 0 Å². The van der Waals surface area contributed by atoms with Crippen molar-refractivity contribution in [2.24, 2.45) is 0 Å². The molecule has 2 aromatic rings. The van der Waals surface area contributed by atoms with Crippen LogP contribution in [0.1, 0.15) is 11.1 Å². The van der Waals surface area contributed by atoms with E-state index in [-0.39, 0.29) is 11.4 Å². The van der Waals surface area contributed by atoms with Gasteiger partial charge in [0.1, 0.15) is 0 Å². The minimum Gasteiger partial charge on any atom is -0.258 e. The number of benzene rings is 2. The maximum Gasteiger partial charge on any atom is 0.270 e. The summed E-state index contributed by atoms with van der Waals surface area (Å²) < 4.78 is 1.36. The van der Waals surface area contributed by atoms with Crippen molar-refractivity contribution in [1.29, 1.82) is 0 Å². The van der Waals surface area contributed by atoms with E-state index >= 15 is 0 Å². The number of aryl methyl sites for hydroxylation is 2. The molecule has 0 bridgehead atoms. The van der Waals surface area contributed by atoms with Crippen molar-refractivity contribution in [3.8, 4) is 0 Å². The molecule has 2 aromatic carbocycles. The molecular weight excluding hydrogens is 420 g/mol. The highest BCUT2D eigenvalue weighted by Crippen LogP contribution is 2.27. The van der Waals surface area contributed by atoms with Crippen molar-refractivity contribution in [1.82, 2.24) is 0 Å². The van der Waals surface area contributed by atoms with E-state index in [1.54, 1.807) is 12.1 Å². The summed E-state index contributed by atoms with van der Waals surface area (Å²) in [7, 11) is 0. The molecular formula is C14H10Br2N2O4. The zero-order valence-corrected chi connectivity index (χ0v) is 14.3. The first-order valence-electron chi connectivity index (χ1n) is 6.24. The molecule has 0 aliphatic rings. The largest absolute Gasteiger partial charge is 0.270 e. The van der Waals surface area contributed by atoms with Crippen molar-refractivity contribution in [3.63, 3.8) is 0 Å². The zero-order chi connectivity index (χ0) is 16.3. The Balaban J connectivity index is 2.13. The summed E-state index contributed by atoms with van der Waals surface area (Å²) in [5.74, 6) is 0. The van der Waals surface area contributed by atoms with Crippen LogP contribution in [0.3, 0.4) is 0 Å². The molecule has 22 heavy (non-hydrogen) atoms. The molecule has 0 aliphatic carbocycles. The molecule has 0 N–H and O–H groups in total. The quantitative estimate of drug-likeness (QED) is 0.503. The maximum absolute atomic E-state index is 10.7. The Bertz CT molecular complexity index is 686. The number of nitrogens with zero attached hydrogens (tertiary/aromatic N) is 2.